The summed E-state index contributed by atoms with van der Waals surface area (Å²) in [4.78, 5) is 47.8. The van der Waals surface area contributed by atoms with Crippen molar-refractivity contribution in [1.82, 2.24) is 0 Å². The zero-order chi connectivity index (χ0) is 44.4. The van der Waals surface area contributed by atoms with Crippen molar-refractivity contribution in [3.05, 3.63) is 72.9 Å². The Balaban J connectivity index is 2.59. The summed E-state index contributed by atoms with van der Waals surface area (Å²) < 4.78 is 33.2. The molecule has 8 atom stereocenters. The smallest absolute Gasteiger partial charge is 0.462 e. The lowest BCUT2D eigenvalue weighted by atomic mass is 9.85. The van der Waals surface area contributed by atoms with Crippen molar-refractivity contribution in [3.8, 4) is 0 Å². The van der Waals surface area contributed by atoms with E-state index in [1.807, 2.05) is 6.08 Å². The normalized spacial score (nSPS) is 22.8. The van der Waals surface area contributed by atoms with Gasteiger partial charge >= 0.3 is 19.8 Å². The monoisotopic (exact) mass is 868 g/mol. The number of hydrogen-bond donors (Lipinski definition) is 6. The number of esters is 2. The average molecular weight is 869 g/mol. The SMILES string of the molecule is CCC/C=C\C/C=C\CCCCCCCC(=O)O[C@H](COC(=O)CCCC(=O)/C=C/C=C\C/C=C\C/C=C\CCCCC)COP(=O)(O)OC1[C@H](O)[C@H](O)C(O)[C@H](O)[C@H]1O. The number of aliphatic hydroxyl groups is 5. The fraction of sp³-hybridized carbons (Fsp3) is 0.667. The van der Waals surface area contributed by atoms with E-state index in [9.17, 15) is 49.4 Å². The fourth-order valence-corrected chi connectivity index (χ4v) is 6.90. The Hall–Kier alpha value is -3.04. The zero-order valence-electron chi connectivity index (χ0n) is 35.7. The molecule has 0 aliphatic heterocycles. The molecule has 0 aromatic heterocycles. The number of unbranched alkanes of at least 4 members (excludes halogenated alkanes) is 9. The summed E-state index contributed by atoms with van der Waals surface area (Å²) in [5, 5.41) is 50.0. The van der Waals surface area contributed by atoms with Crippen molar-refractivity contribution in [2.75, 3.05) is 13.2 Å². The molecule has 0 heterocycles. The number of hydrogen-bond acceptors (Lipinski definition) is 13. The lowest BCUT2D eigenvalue weighted by Crippen LogP contribution is -2.64. The molecule has 1 aliphatic carbocycles. The third-order valence-electron chi connectivity index (χ3n) is 9.48. The van der Waals surface area contributed by atoms with Crippen LogP contribution in [0.15, 0.2) is 72.9 Å². The van der Waals surface area contributed by atoms with E-state index >= 15 is 0 Å². The Morgan fingerprint density at radius 2 is 1.10 bits per heavy atom. The fourth-order valence-electron chi connectivity index (χ4n) is 5.92. The van der Waals surface area contributed by atoms with Crippen molar-refractivity contribution in [2.24, 2.45) is 0 Å². The molecule has 0 spiro atoms. The van der Waals surface area contributed by atoms with E-state index in [0.29, 0.717) is 6.42 Å². The van der Waals surface area contributed by atoms with Crippen molar-refractivity contribution in [3.63, 3.8) is 0 Å². The highest BCUT2D eigenvalue weighted by molar-refractivity contribution is 7.47. The highest BCUT2D eigenvalue weighted by atomic mass is 31.2. The molecule has 1 rings (SSSR count). The molecule has 14 nitrogen and oxygen atoms in total. The number of allylic oxidation sites excluding steroid dienone is 12. The van der Waals surface area contributed by atoms with Crippen LogP contribution in [0.5, 0.6) is 0 Å². The topological polar surface area (TPSA) is 227 Å². The molecule has 1 aliphatic rings. The first-order valence-corrected chi connectivity index (χ1v) is 23.2. The third kappa shape index (κ3) is 27.0. The molecule has 15 heteroatoms. The van der Waals surface area contributed by atoms with E-state index in [0.717, 1.165) is 70.6 Å². The first kappa shape index (κ1) is 55.0. The zero-order valence-corrected chi connectivity index (χ0v) is 36.6. The lowest BCUT2D eigenvalue weighted by Gasteiger charge is -2.41. The van der Waals surface area contributed by atoms with Crippen LogP contribution in [0.3, 0.4) is 0 Å². The number of carbonyl (C=O) groups is 3. The van der Waals surface area contributed by atoms with Gasteiger partial charge in [-0.2, -0.15) is 0 Å². The second-order valence-corrected chi connectivity index (χ2v) is 16.3. The van der Waals surface area contributed by atoms with E-state index in [4.69, 9.17) is 18.5 Å². The lowest BCUT2D eigenvalue weighted by molar-refractivity contribution is -0.220. The summed E-state index contributed by atoms with van der Waals surface area (Å²) in [6.45, 7) is 2.95. The Morgan fingerprint density at radius 1 is 0.567 bits per heavy atom. The quantitative estimate of drug-likeness (QED) is 0.00946. The number of phosphoric ester groups is 1. The molecule has 6 N–H and O–H groups in total. The van der Waals surface area contributed by atoms with Gasteiger partial charge in [0.2, 0.25) is 0 Å². The van der Waals surface area contributed by atoms with Gasteiger partial charge in [-0.1, -0.05) is 119 Å². The number of phosphoric acid groups is 1. The standard InChI is InChI=1S/C45H73O14P/c1-3-5-7-9-11-13-15-17-19-21-23-25-27-30-36(46)31-29-33-38(47)56-34-37(35-57-60(54,55)59-45-43(52)41(50)40(49)42(51)44(45)53)58-39(48)32-28-26-24-22-20-18-16-14-12-10-8-6-4-2/h8,10-11,13-14,16-17,19,23,25,27,30,37,40-45,49-53H,3-7,9,12,15,18,20-22,24,26,28-29,31-35H2,1-2H3,(H,54,55)/b10-8-,13-11-,16-14-,19-17-,25-23-,30-27+/t37-,40?,41-,42+,43-,44-,45?/m1/s1. The van der Waals surface area contributed by atoms with Crippen LogP contribution in [0.1, 0.15) is 136 Å². The summed E-state index contributed by atoms with van der Waals surface area (Å²) >= 11 is 0. The molecule has 0 aromatic carbocycles. The van der Waals surface area contributed by atoms with Gasteiger partial charge in [-0.25, -0.2) is 4.57 Å². The highest BCUT2D eigenvalue weighted by Crippen LogP contribution is 2.47. The molecule has 0 radical (unpaired) electrons. The Morgan fingerprint density at radius 3 is 1.73 bits per heavy atom. The summed E-state index contributed by atoms with van der Waals surface area (Å²) in [6, 6.07) is 0. The van der Waals surface area contributed by atoms with Crippen LogP contribution in [-0.2, 0) is 37.5 Å². The van der Waals surface area contributed by atoms with Gasteiger partial charge in [0.25, 0.3) is 0 Å². The Labute approximate surface area is 357 Å². The predicted octanol–water partition coefficient (Wildman–Crippen LogP) is 7.12. The molecule has 0 amide bonds. The maximum absolute atomic E-state index is 12.8. The maximum Gasteiger partial charge on any atom is 0.472 e. The molecular formula is C45H73O14P. The van der Waals surface area contributed by atoms with Gasteiger partial charge in [-0.15, -0.1) is 0 Å². The summed E-state index contributed by atoms with van der Waals surface area (Å²) in [7, 11) is -5.18. The largest absolute Gasteiger partial charge is 0.472 e. The van der Waals surface area contributed by atoms with Gasteiger partial charge in [0.05, 0.1) is 6.61 Å². The van der Waals surface area contributed by atoms with Crippen molar-refractivity contribution in [1.29, 1.82) is 0 Å². The number of aliphatic hydroxyl groups excluding tert-OH is 5. The summed E-state index contributed by atoms with van der Waals surface area (Å²) in [6.07, 6.45) is 25.3. The van der Waals surface area contributed by atoms with Gasteiger partial charge in [0.15, 0.2) is 11.9 Å². The van der Waals surface area contributed by atoms with Crippen LogP contribution in [0, 0.1) is 0 Å². The highest BCUT2D eigenvalue weighted by Gasteiger charge is 2.51. The van der Waals surface area contributed by atoms with Crippen LogP contribution in [0.25, 0.3) is 0 Å². The van der Waals surface area contributed by atoms with Gasteiger partial charge in [0.1, 0.15) is 43.2 Å². The van der Waals surface area contributed by atoms with Crippen LogP contribution in [0.4, 0.5) is 0 Å². The van der Waals surface area contributed by atoms with Gasteiger partial charge in [0, 0.05) is 19.3 Å². The number of ether oxygens (including phenoxy) is 2. The molecule has 1 saturated carbocycles. The molecule has 342 valence electrons. The molecule has 1 fully saturated rings. The van der Waals surface area contributed by atoms with E-state index < -0.39 is 75.7 Å². The molecular weight excluding hydrogens is 795 g/mol. The minimum absolute atomic E-state index is 0.0265. The van der Waals surface area contributed by atoms with Crippen molar-refractivity contribution in [2.45, 2.75) is 179 Å². The third-order valence-corrected chi connectivity index (χ3v) is 10.5. The maximum atomic E-state index is 12.8. The van der Waals surface area contributed by atoms with Crippen LogP contribution < -0.4 is 0 Å². The number of carbonyl (C=O) groups excluding carboxylic acids is 3. The predicted molar refractivity (Wildman–Crippen MR) is 230 cm³/mol. The average Bonchev–Trinajstić information content (AvgIpc) is 3.22. The van der Waals surface area contributed by atoms with Gasteiger partial charge in [-0.3, -0.25) is 23.4 Å². The molecule has 0 saturated heterocycles. The second kappa shape index (κ2) is 34.5. The number of ketones is 1. The Bertz CT molecular complexity index is 1390. The van der Waals surface area contributed by atoms with Crippen molar-refractivity contribution >= 4 is 25.5 Å². The summed E-state index contributed by atoms with van der Waals surface area (Å²) in [5.41, 5.74) is 0. The van der Waals surface area contributed by atoms with Gasteiger partial charge in [-0.05, 0) is 70.3 Å². The van der Waals surface area contributed by atoms with E-state index in [2.05, 4.69) is 62.5 Å². The first-order valence-electron chi connectivity index (χ1n) is 21.7. The Kier molecular flexibility index (Phi) is 31.6. The van der Waals surface area contributed by atoms with Crippen LogP contribution in [0.2, 0.25) is 0 Å². The summed E-state index contributed by atoms with van der Waals surface area (Å²) in [5.74, 6) is -1.56. The van der Waals surface area contributed by atoms with Crippen LogP contribution in [-0.4, -0.2) is 104 Å². The van der Waals surface area contributed by atoms with Crippen LogP contribution >= 0.6 is 7.82 Å². The molecule has 0 aromatic rings. The molecule has 60 heavy (non-hydrogen) atoms. The van der Waals surface area contributed by atoms with Gasteiger partial charge < -0.3 is 39.9 Å². The van der Waals surface area contributed by atoms with E-state index in [-0.39, 0.29) is 31.5 Å². The minimum Gasteiger partial charge on any atom is -0.462 e. The second-order valence-electron chi connectivity index (χ2n) is 14.9. The molecule has 0 bridgehead atoms. The van der Waals surface area contributed by atoms with E-state index in [1.54, 1.807) is 12.2 Å². The number of rotatable bonds is 34. The van der Waals surface area contributed by atoms with Crippen molar-refractivity contribution < 1.29 is 67.9 Å². The first-order chi connectivity index (χ1) is 28.8. The van der Waals surface area contributed by atoms with E-state index in [1.165, 1.54) is 25.3 Å². The minimum atomic E-state index is -5.18. The molecule has 3 unspecified atom stereocenters.